The third-order valence-corrected chi connectivity index (χ3v) is 2.58. The molecule has 1 aromatic carbocycles. The summed E-state index contributed by atoms with van der Waals surface area (Å²) in [6, 6.07) is 7.84. The Hall–Kier alpha value is -0.570. The van der Waals surface area contributed by atoms with Gasteiger partial charge in [0.2, 0.25) is 0 Å². The van der Waals surface area contributed by atoms with Crippen molar-refractivity contribution in [3.05, 3.63) is 34.9 Å². The molecule has 0 spiro atoms. The maximum atomic E-state index is 9.05. The lowest BCUT2D eigenvalue weighted by molar-refractivity contribution is 0.189. The Labute approximate surface area is 96.3 Å². The number of aliphatic hydroxyl groups excluding tert-OH is 1. The molecule has 0 aliphatic rings. The molecule has 0 amide bonds. The summed E-state index contributed by atoms with van der Waals surface area (Å²) in [5.74, 6) is 0. The van der Waals surface area contributed by atoms with Gasteiger partial charge >= 0.3 is 0 Å². The lowest BCUT2D eigenvalue weighted by Gasteiger charge is -2.23. The van der Waals surface area contributed by atoms with Crippen LogP contribution < -0.4 is 5.32 Å². The molecule has 0 aliphatic heterocycles. The molecule has 2 nitrogen and oxygen atoms in total. The Morgan fingerprint density at radius 3 is 2.40 bits per heavy atom. The molecule has 0 saturated carbocycles. The van der Waals surface area contributed by atoms with Crippen LogP contribution in [-0.4, -0.2) is 23.8 Å². The van der Waals surface area contributed by atoms with Crippen molar-refractivity contribution in [1.82, 2.24) is 5.32 Å². The van der Waals surface area contributed by atoms with Crippen LogP contribution in [0.4, 0.5) is 0 Å². The van der Waals surface area contributed by atoms with Crippen molar-refractivity contribution in [2.45, 2.75) is 25.8 Å². The minimum Gasteiger partial charge on any atom is -0.394 e. The summed E-state index contributed by atoms with van der Waals surface area (Å²) in [6.07, 6.45) is 0.945. The van der Waals surface area contributed by atoms with E-state index in [0.29, 0.717) is 0 Å². The number of benzene rings is 1. The van der Waals surface area contributed by atoms with Gasteiger partial charge in [-0.1, -0.05) is 23.7 Å². The first kappa shape index (κ1) is 12.5. The van der Waals surface area contributed by atoms with Gasteiger partial charge in [-0.2, -0.15) is 0 Å². The SMILES string of the molecule is CC(C)(CO)NCCc1ccc(Cl)cc1. The maximum absolute atomic E-state index is 9.05. The smallest absolute Gasteiger partial charge is 0.0607 e. The van der Waals surface area contributed by atoms with E-state index in [4.69, 9.17) is 16.7 Å². The third kappa shape index (κ3) is 4.65. The zero-order valence-corrected chi connectivity index (χ0v) is 10.0. The highest BCUT2D eigenvalue weighted by Gasteiger charge is 2.13. The van der Waals surface area contributed by atoms with Crippen LogP contribution in [0.5, 0.6) is 0 Å². The first-order chi connectivity index (χ1) is 7.03. The van der Waals surface area contributed by atoms with Crippen LogP contribution in [-0.2, 0) is 6.42 Å². The Bertz CT molecular complexity index is 295. The fraction of sp³-hybridized carbons (Fsp3) is 0.500. The summed E-state index contributed by atoms with van der Waals surface area (Å²) >= 11 is 5.79. The molecule has 0 radical (unpaired) electrons. The van der Waals surface area contributed by atoms with Crippen molar-refractivity contribution >= 4 is 11.6 Å². The van der Waals surface area contributed by atoms with Crippen molar-refractivity contribution < 1.29 is 5.11 Å². The zero-order chi connectivity index (χ0) is 11.3. The van der Waals surface area contributed by atoms with Crippen molar-refractivity contribution in [2.75, 3.05) is 13.2 Å². The molecule has 2 N–H and O–H groups in total. The lowest BCUT2D eigenvalue weighted by Crippen LogP contribution is -2.43. The molecular formula is C12H18ClNO. The average molecular weight is 228 g/mol. The van der Waals surface area contributed by atoms with Crippen LogP contribution in [0.15, 0.2) is 24.3 Å². The first-order valence-electron chi connectivity index (χ1n) is 5.14. The van der Waals surface area contributed by atoms with Crippen LogP contribution >= 0.6 is 11.6 Å². The highest BCUT2D eigenvalue weighted by atomic mass is 35.5. The van der Waals surface area contributed by atoms with E-state index in [1.54, 1.807) is 0 Å². The standard InChI is InChI=1S/C12H18ClNO/c1-12(2,9-15)14-8-7-10-3-5-11(13)6-4-10/h3-6,14-15H,7-9H2,1-2H3. The maximum Gasteiger partial charge on any atom is 0.0607 e. The molecule has 0 unspecified atom stereocenters. The molecule has 0 saturated heterocycles. The van der Waals surface area contributed by atoms with E-state index in [2.05, 4.69) is 5.32 Å². The van der Waals surface area contributed by atoms with Crippen molar-refractivity contribution in [3.63, 3.8) is 0 Å². The van der Waals surface area contributed by atoms with E-state index < -0.39 is 0 Å². The number of nitrogens with one attached hydrogen (secondary N) is 1. The van der Waals surface area contributed by atoms with Crippen LogP contribution in [0.2, 0.25) is 5.02 Å². The second-order valence-corrected chi connectivity index (χ2v) is 4.78. The van der Waals surface area contributed by atoms with E-state index in [9.17, 15) is 0 Å². The summed E-state index contributed by atoms with van der Waals surface area (Å²) in [6.45, 7) is 4.96. The molecule has 84 valence electrons. The van der Waals surface area contributed by atoms with Gasteiger partial charge in [-0.15, -0.1) is 0 Å². The predicted molar refractivity (Wildman–Crippen MR) is 64.3 cm³/mol. The van der Waals surface area contributed by atoms with Crippen molar-refractivity contribution in [2.24, 2.45) is 0 Å². The normalized spacial score (nSPS) is 11.7. The average Bonchev–Trinajstić information content (AvgIpc) is 2.21. The highest BCUT2D eigenvalue weighted by molar-refractivity contribution is 6.30. The van der Waals surface area contributed by atoms with Gasteiger partial charge < -0.3 is 10.4 Å². The van der Waals surface area contributed by atoms with Crippen molar-refractivity contribution in [3.8, 4) is 0 Å². The van der Waals surface area contributed by atoms with Crippen LogP contribution in [0.3, 0.4) is 0 Å². The minimum atomic E-state index is -0.202. The molecule has 0 atom stereocenters. The molecule has 0 aromatic heterocycles. The topological polar surface area (TPSA) is 32.3 Å². The predicted octanol–water partition coefficient (Wildman–Crippen LogP) is 2.24. The summed E-state index contributed by atoms with van der Waals surface area (Å²) < 4.78 is 0. The van der Waals surface area contributed by atoms with Gasteiger partial charge in [-0.25, -0.2) is 0 Å². The third-order valence-electron chi connectivity index (χ3n) is 2.33. The van der Waals surface area contributed by atoms with Gasteiger partial charge in [-0.05, 0) is 44.5 Å². The monoisotopic (exact) mass is 227 g/mol. The molecular weight excluding hydrogens is 210 g/mol. The number of rotatable bonds is 5. The number of halogens is 1. The van der Waals surface area contributed by atoms with E-state index >= 15 is 0 Å². The zero-order valence-electron chi connectivity index (χ0n) is 9.26. The number of hydrogen-bond acceptors (Lipinski definition) is 2. The van der Waals surface area contributed by atoms with E-state index in [0.717, 1.165) is 18.0 Å². The molecule has 15 heavy (non-hydrogen) atoms. The highest BCUT2D eigenvalue weighted by Crippen LogP contribution is 2.10. The number of aliphatic hydroxyl groups is 1. The van der Waals surface area contributed by atoms with Crippen LogP contribution in [0, 0.1) is 0 Å². The van der Waals surface area contributed by atoms with Gasteiger partial charge in [-0.3, -0.25) is 0 Å². The number of hydrogen-bond donors (Lipinski definition) is 2. The van der Waals surface area contributed by atoms with E-state index in [1.807, 2.05) is 38.1 Å². The second kappa shape index (κ2) is 5.50. The Morgan fingerprint density at radius 1 is 1.27 bits per heavy atom. The van der Waals surface area contributed by atoms with Gasteiger partial charge in [0.1, 0.15) is 0 Å². The molecule has 0 fully saturated rings. The molecule has 0 heterocycles. The second-order valence-electron chi connectivity index (χ2n) is 4.35. The Balaban J connectivity index is 2.35. The first-order valence-corrected chi connectivity index (χ1v) is 5.52. The van der Waals surface area contributed by atoms with Gasteiger partial charge in [0.25, 0.3) is 0 Å². The molecule has 0 bridgehead atoms. The molecule has 0 aliphatic carbocycles. The van der Waals surface area contributed by atoms with Gasteiger partial charge in [0.15, 0.2) is 0 Å². The summed E-state index contributed by atoms with van der Waals surface area (Å²) in [7, 11) is 0. The van der Waals surface area contributed by atoms with Crippen LogP contribution in [0.1, 0.15) is 19.4 Å². The summed E-state index contributed by atoms with van der Waals surface area (Å²) in [4.78, 5) is 0. The fourth-order valence-electron chi connectivity index (χ4n) is 1.25. The van der Waals surface area contributed by atoms with Gasteiger partial charge in [0.05, 0.1) is 6.61 Å². The van der Waals surface area contributed by atoms with Crippen molar-refractivity contribution in [1.29, 1.82) is 0 Å². The molecule has 1 aromatic rings. The fourth-order valence-corrected chi connectivity index (χ4v) is 1.38. The Kier molecular flexibility index (Phi) is 4.58. The minimum absolute atomic E-state index is 0.146. The summed E-state index contributed by atoms with van der Waals surface area (Å²) in [5.41, 5.74) is 1.05. The molecule has 1 rings (SSSR count). The van der Waals surface area contributed by atoms with Gasteiger partial charge in [0, 0.05) is 10.6 Å². The van der Waals surface area contributed by atoms with E-state index in [-0.39, 0.29) is 12.1 Å². The molecule has 3 heteroatoms. The van der Waals surface area contributed by atoms with Crippen LogP contribution in [0.25, 0.3) is 0 Å². The largest absolute Gasteiger partial charge is 0.394 e. The quantitative estimate of drug-likeness (QED) is 0.809. The lowest BCUT2D eigenvalue weighted by atomic mass is 10.1. The summed E-state index contributed by atoms with van der Waals surface area (Å²) in [5, 5.41) is 13.1. The Morgan fingerprint density at radius 2 is 1.87 bits per heavy atom. The van der Waals surface area contributed by atoms with E-state index in [1.165, 1.54) is 5.56 Å².